The Morgan fingerprint density at radius 2 is 1.74 bits per heavy atom. The third-order valence-corrected chi connectivity index (χ3v) is 5.95. The molecule has 0 N–H and O–H groups in total. The molecule has 0 amide bonds. The van der Waals surface area contributed by atoms with E-state index in [9.17, 15) is 13.6 Å². The summed E-state index contributed by atoms with van der Waals surface area (Å²) in [5.74, 6) is -0.678. The van der Waals surface area contributed by atoms with Crippen LogP contribution in [0.5, 0.6) is 5.75 Å². The van der Waals surface area contributed by atoms with Crippen molar-refractivity contribution in [3.63, 3.8) is 0 Å². The van der Waals surface area contributed by atoms with Crippen LogP contribution in [-0.2, 0) is 16.1 Å². The molecule has 0 bridgehead atoms. The van der Waals surface area contributed by atoms with E-state index in [0.717, 1.165) is 12.7 Å². The van der Waals surface area contributed by atoms with Crippen molar-refractivity contribution in [1.82, 2.24) is 0 Å². The molecule has 0 spiro atoms. The fourth-order valence-electron chi connectivity index (χ4n) is 2.88. The molecule has 0 radical (unpaired) electrons. The molecule has 0 atom stereocenters. The highest BCUT2D eigenvalue weighted by Crippen LogP contribution is 2.31. The van der Waals surface area contributed by atoms with Crippen molar-refractivity contribution in [2.75, 3.05) is 0 Å². The summed E-state index contributed by atoms with van der Waals surface area (Å²) in [5.41, 5.74) is 1.69. The standard InChI is InChI=1S/C23H13F2I2NO3/c24-16-6-3-5-14(11-16)22-28-20(23(29)31-22)10-13-8-18(26)21(19(27)9-13)30-12-15-4-1-2-7-17(15)25/h1-11H,12H2/b20-10-. The van der Waals surface area contributed by atoms with Gasteiger partial charge in [0.05, 0.1) is 7.14 Å². The number of ether oxygens (including phenoxy) is 2. The molecule has 0 aromatic heterocycles. The molecule has 3 aromatic carbocycles. The second kappa shape index (κ2) is 9.43. The molecule has 4 rings (SSSR count). The predicted molar refractivity (Wildman–Crippen MR) is 130 cm³/mol. The Labute approximate surface area is 204 Å². The van der Waals surface area contributed by atoms with E-state index >= 15 is 0 Å². The van der Waals surface area contributed by atoms with Gasteiger partial charge in [-0.15, -0.1) is 0 Å². The molecule has 0 aliphatic carbocycles. The van der Waals surface area contributed by atoms with E-state index in [4.69, 9.17) is 9.47 Å². The summed E-state index contributed by atoms with van der Waals surface area (Å²) in [5, 5.41) is 0. The maximum absolute atomic E-state index is 13.8. The van der Waals surface area contributed by atoms with Gasteiger partial charge in [-0.3, -0.25) is 0 Å². The minimum Gasteiger partial charge on any atom is -0.487 e. The zero-order valence-corrected chi connectivity index (χ0v) is 20.1. The van der Waals surface area contributed by atoms with E-state index in [0.29, 0.717) is 16.9 Å². The molecule has 0 unspecified atom stereocenters. The Morgan fingerprint density at radius 1 is 1.00 bits per heavy atom. The highest BCUT2D eigenvalue weighted by molar-refractivity contribution is 14.1. The van der Waals surface area contributed by atoms with Crippen molar-refractivity contribution in [2.45, 2.75) is 6.61 Å². The van der Waals surface area contributed by atoms with Gasteiger partial charge in [-0.1, -0.05) is 24.3 Å². The molecule has 0 saturated carbocycles. The lowest BCUT2D eigenvalue weighted by atomic mass is 10.2. The van der Waals surface area contributed by atoms with Crippen LogP contribution in [0.15, 0.2) is 71.4 Å². The van der Waals surface area contributed by atoms with Crippen molar-refractivity contribution in [2.24, 2.45) is 4.99 Å². The number of rotatable bonds is 5. The predicted octanol–water partition coefficient (Wildman–Crippen LogP) is 6.10. The molecular weight excluding hydrogens is 630 g/mol. The van der Waals surface area contributed by atoms with Crippen LogP contribution in [0.3, 0.4) is 0 Å². The number of cyclic esters (lactones) is 1. The summed E-state index contributed by atoms with van der Waals surface area (Å²) >= 11 is 4.25. The number of esters is 1. The van der Waals surface area contributed by atoms with Crippen LogP contribution < -0.4 is 4.74 Å². The van der Waals surface area contributed by atoms with Gasteiger partial charge in [0, 0.05) is 11.1 Å². The summed E-state index contributed by atoms with van der Waals surface area (Å²) < 4.78 is 39.9. The first-order chi connectivity index (χ1) is 14.9. The van der Waals surface area contributed by atoms with Crippen LogP contribution in [0.25, 0.3) is 6.08 Å². The van der Waals surface area contributed by atoms with E-state index in [1.165, 1.54) is 24.3 Å². The van der Waals surface area contributed by atoms with E-state index < -0.39 is 11.8 Å². The van der Waals surface area contributed by atoms with E-state index in [1.54, 1.807) is 30.3 Å². The van der Waals surface area contributed by atoms with E-state index in [2.05, 4.69) is 50.2 Å². The summed E-state index contributed by atoms with van der Waals surface area (Å²) in [4.78, 5) is 16.4. The maximum Gasteiger partial charge on any atom is 0.363 e. The molecule has 1 aliphatic heterocycles. The largest absolute Gasteiger partial charge is 0.487 e. The summed E-state index contributed by atoms with van der Waals surface area (Å²) in [6.45, 7) is 0.104. The molecule has 0 saturated heterocycles. The first-order valence-electron chi connectivity index (χ1n) is 9.04. The number of carbonyl (C=O) groups is 1. The zero-order valence-electron chi connectivity index (χ0n) is 15.7. The first kappa shape index (κ1) is 21.9. The summed E-state index contributed by atoms with van der Waals surface area (Å²) in [6, 6.07) is 15.8. The van der Waals surface area contributed by atoms with Gasteiger partial charge in [0.15, 0.2) is 5.70 Å². The van der Waals surface area contributed by atoms with E-state index in [-0.39, 0.29) is 24.0 Å². The average Bonchev–Trinajstić information content (AvgIpc) is 3.09. The van der Waals surface area contributed by atoms with Crippen molar-refractivity contribution in [1.29, 1.82) is 0 Å². The second-order valence-electron chi connectivity index (χ2n) is 6.54. The van der Waals surface area contributed by atoms with Crippen molar-refractivity contribution in [3.05, 3.63) is 102 Å². The van der Waals surface area contributed by atoms with Crippen LogP contribution in [0.1, 0.15) is 16.7 Å². The van der Waals surface area contributed by atoms with Gasteiger partial charge in [-0.2, -0.15) is 0 Å². The van der Waals surface area contributed by atoms with Gasteiger partial charge in [0.25, 0.3) is 0 Å². The Balaban J connectivity index is 1.57. The number of halogens is 4. The number of hydrogen-bond donors (Lipinski definition) is 0. The van der Waals surface area contributed by atoms with Gasteiger partial charge >= 0.3 is 5.97 Å². The fourth-order valence-corrected chi connectivity index (χ4v) is 5.01. The maximum atomic E-state index is 13.8. The Kier molecular flexibility index (Phi) is 6.65. The molecule has 4 nitrogen and oxygen atoms in total. The molecule has 1 aliphatic rings. The molecule has 1 heterocycles. The van der Waals surface area contributed by atoms with Gasteiger partial charge < -0.3 is 9.47 Å². The first-order valence-corrected chi connectivity index (χ1v) is 11.2. The Morgan fingerprint density at radius 3 is 2.45 bits per heavy atom. The highest BCUT2D eigenvalue weighted by Gasteiger charge is 2.24. The molecular formula is C23H13F2I2NO3. The number of aliphatic imine (C=N–C) groups is 1. The van der Waals surface area contributed by atoms with Gasteiger partial charge in [0.1, 0.15) is 24.0 Å². The third-order valence-electron chi connectivity index (χ3n) is 4.35. The highest BCUT2D eigenvalue weighted by atomic mass is 127. The number of nitrogens with zero attached hydrogens (tertiary/aromatic N) is 1. The number of carbonyl (C=O) groups excluding carboxylic acids is 1. The van der Waals surface area contributed by atoms with Crippen molar-refractivity contribution in [3.8, 4) is 5.75 Å². The van der Waals surface area contributed by atoms with Gasteiger partial charge in [0.2, 0.25) is 5.90 Å². The Bertz CT molecular complexity index is 1220. The SMILES string of the molecule is O=C1OC(c2cccc(F)c2)=N/C1=C\c1cc(I)c(OCc2ccccc2F)c(I)c1. The normalized spacial score (nSPS) is 14.5. The molecule has 3 aromatic rings. The van der Waals surface area contributed by atoms with Crippen LogP contribution in [-0.4, -0.2) is 11.9 Å². The smallest absolute Gasteiger partial charge is 0.363 e. The van der Waals surface area contributed by atoms with E-state index in [1.807, 2.05) is 12.1 Å². The summed E-state index contributed by atoms with van der Waals surface area (Å²) in [7, 11) is 0. The van der Waals surface area contributed by atoms with Crippen LogP contribution in [0, 0.1) is 18.8 Å². The topological polar surface area (TPSA) is 47.9 Å². The van der Waals surface area contributed by atoms with Crippen LogP contribution >= 0.6 is 45.2 Å². The van der Waals surface area contributed by atoms with Gasteiger partial charge in [-0.25, -0.2) is 18.6 Å². The average molecular weight is 643 g/mol. The second-order valence-corrected chi connectivity index (χ2v) is 8.86. The molecule has 8 heteroatoms. The van der Waals surface area contributed by atoms with Crippen molar-refractivity contribution < 1.29 is 23.0 Å². The lowest BCUT2D eigenvalue weighted by Crippen LogP contribution is -2.05. The number of hydrogen-bond acceptors (Lipinski definition) is 4. The molecule has 156 valence electrons. The van der Waals surface area contributed by atoms with Gasteiger partial charge in [-0.05, 0) is 93.2 Å². The van der Waals surface area contributed by atoms with Crippen LogP contribution in [0.2, 0.25) is 0 Å². The fraction of sp³-hybridized carbons (Fsp3) is 0.0435. The minimum absolute atomic E-state index is 0.0602. The summed E-state index contributed by atoms with van der Waals surface area (Å²) in [6.07, 6.45) is 1.60. The minimum atomic E-state index is -0.607. The monoisotopic (exact) mass is 643 g/mol. The zero-order chi connectivity index (χ0) is 22.0. The Hall–Kier alpha value is -2.34. The van der Waals surface area contributed by atoms with Crippen LogP contribution in [0.4, 0.5) is 8.78 Å². The lowest BCUT2D eigenvalue weighted by molar-refractivity contribution is -0.129. The molecule has 31 heavy (non-hydrogen) atoms. The number of benzene rings is 3. The van der Waals surface area contributed by atoms with Crippen molar-refractivity contribution >= 4 is 63.1 Å². The lowest BCUT2D eigenvalue weighted by Gasteiger charge is -2.12. The quantitative estimate of drug-likeness (QED) is 0.192. The molecule has 0 fully saturated rings. The third kappa shape index (κ3) is 5.12.